The molecule has 0 spiro atoms. The van der Waals surface area contributed by atoms with Gasteiger partial charge < -0.3 is 19.5 Å². The Hall–Kier alpha value is -3.90. The van der Waals surface area contributed by atoms with Gasteiger partial charge in [-0.05, 0) is 98.6 Å². The van der Waals surface area contributed by atoms with Crippen LogP contribution in [-0.2, 0) is 11.2 Å². The van der Waals surface area contributed by atoms with Crippen LogP contribution in [0.5, 0.6) is 5.75 Å². The van der Waals surface area contributed by atoms with E-state index in [1.165, 1.54) is 11.6 Å². The lowest BCUT2D eigenvalue weighted by Gasteiger charge is -2.29. The van der Waals surface area contributed by atoms with E-state index in [-0.39, 0.29) is 5.91 Å². The van der Waals surface area contributed by atoms with Gasteiger partial charge in [0.05, 0.1) is 5.69 Å². The minimum Gasteiger partial charge on any atom is -0.492 e. The Morgan fingerprint density at radius 2 is 1.94 bits per heavy atom. The Morgan fingerprint density at radius 3 is 2.69 bits per heavy atom. The summed E-state index contributed by atoms with van der Waals surface area (Å²) in [5, 5.41) is 1.09. The number of carbonyl (C=O) groups is 1. The molecule has 0 saturated heterocycles. The Labute approximate surface area is 212 Å². The van der Waals surface area contributed by atoms with Crippen molar-refractivity contribution in [1.82, 2.24) is 14.9 Å². The summed E-state index contributed by atoms with van der Waals surface area (Å²) < 4.78 is 5.90. The quantitative estimate of drug-likeness (QED) is 0.349. The lowest BCUT2D eigenvalue weighted by molar-refractivity contribution is -0.114. The number of aromatic amines is 1. The number of rotatable bonds is 7. The molecule has 0 bridgehead atoms. The molecule has 0 radical (unpaired) electrons. The van der Waals surface area contributed by atoms with Crippen LogP contribution < -0.4 is 9.64 Å². The van der Waals surface area contributed by atoms with Gasteiger partial charge in [0.2, 0.25) is 5.91 Å². The maximum Gasteiger partial charge on any atom is 0.250 e. The largest absolute Gasteiger partial charge is 0.492 e. The summed E-state index contributed by atoms with van der Waals surface area (Å²) >= 11 is 0. The zero-order valence-corrected chi connectivity index (χ0v) is 21.2. The number of carbonyl (C=O) groups excluding carboxylic acids is 1. The molecule has 0 fully saturated rings. The Bertz CT molecular complexity index is 1420. The van der Waals surface area contributed by atoms with Gasteiger partial charge in [-0.15, -0.1) is 0 Å². The van der Waals surface area contributed by atoms with Crippen LogP contribution in [0.4, 0.5) is 5.69 Å². The second-order valence-corrected chi connectivity index (χ2v) is 9.54. The third-order valence-corrected chi connectivity index (χ3v) is 6.79. The molecule has 36 heavy (non-hydrogen) atoms. The van der Waals surface area contributed by atoms with Crippen LogP contribution in [0.3, 0.4) is 0 Å². The molecule has 2 aromatic carbocycles. The summed E-state index contributed by atoms with van der Waals surface area (Å²) in [6.07, 6.45) is 5.15. The number of benzene rings is 2. The second-order valence-electron chi connectivity index (χ2n) is 9.54. The highest BCUT2D eigenvalue weighted by Gasteiger charge is 2.24. The number of nitrogens with zero attached hydrogens (tertiary/aromatic N) is 3. The third-order valence-electron chi connectivity index (χ3n) is 6.79. The van der Waals surface area contributed by atoms with E-state index >= 15 is 0 Å². The number of H-pyrrole nitrogens is 1. The molecule has 4 aromatic rings. The molecule has 184 valence electrons. The highest BCUT2D eigenvalue weighted by atomic mass is 16.5. The number of hydrogen-bond acceptors (Lipinski definition) is 4. The van der Waals surface area contributed by atoms with Gasteiger partial charge in [-0.2, -0.15) is 0 Å². The number of pyridine rings is 1. The fraction of sp³-hybridized carbons (Fsp3) is 0.267. The van der Waals surface area contributed by atoms with Crippen LogP contribution in [0.25, 0.3) is 33.4 Å². The van der Waals surface area contributed by atoms with Gasteiger partial charge in [0.1, 0.15) is 18.0 Å². The molecule has 6 heteroatoms. The number of anilines is 1. The van der Waals surface area contributed by atoms with E-state index in [0.717, 1.165) is 69.8 Å². The van der Waals surface area contributed by atoms with Gasteiger partial charge in [0, 0.05) is 35.9 Å². The van der Waals surface area contributed by atoms with Gasteiger partial charge >= 0.3 is 0 Å². The number of aromatic nitrogens is 2. The van der Waals surface area contributed by atoms with Crippen LogP contribution >= 0.6 is 0 Å². The molecule has 0 saturated carbocycles. The van der Waals surface area contributed by atoms with E-state index in [9.17, 15) is 4.79 Å². The number of amides is 1. The summed E-state index contributed by atoms with van der Waals surface area (Å²) in [5.74, 6) is 0.787. The highest BCUT2D eigenvalue weighted by Crippen LogP contribution is 2.42. The molecule has 3 heterocycles. The summed E-state index contributed by atoms with van der Waals surface area (Å²) in [4.78, 5) is 24.7. The van der Waals surface area contributed by atoms with Crippen molar-refractivity contribution in [3.05, 3.63) is 78.5 Å². The highest BCUT2D eigenvalue weighted by molar-refractivity contribution is 6.06. The van der Waals surface area contributed by atoms with Crippen molar-refractivity contribution in [1.29, 1.82) is 0 Å². The number of hydrogen-bond donors (Lipinski definition) is 1. The minimum absolute atomic E-state index is 0.0602. The van der Waals surface area contributed by atoms with Crippen LogP contribution in [-0.4, -0.2) is 54.6 Å². The Kier molecular flexibility index (Phi) is 6.61. The molecule has 1 aliphatic heterocycles. The number of aryl methyl sites for hydroxylation is 2. The average Bonchev–Trinajstić information content (AvgIpc) is 3.29. The molecule has 1 aliphatic rings. The summed E-state index contributed by atoms with van der Waals surface area (Å²) in [6, 6.07) is 16.7. The van der Waals surface area contributed by atoms with E-state index in [1.807, 2.05) is 43.4 Å². The van der Waals surface area contributed by atoms with Crippen LogP contribution in [0.2, 0.25) is 0 Å². The van der Waals surface area contributed by atoms with Crippen molar-refractivity contribution in [2.45, 2.75) is 19.8 Å². The maximum atomic E-state index is 12.6. The van der Waals surface area contributed by atoms with E-state index < -0.39 is 0 Å². The molecular formula is C30H32N4O2. The number of ether oxygens (including phenoxy) is 1. The molecule has 0 atom stereocenters. The topological polar surface area (TPSA) is 61.5 Å². The minimum atomic E-state index is -0.0602. The lowest BCUT2D eigenvalue weighted by atomic mass is 9.93. The zero-order valence-electron chi connectivity index (χ0n) is 21.2. The molecule has 0 aliphatic carbocycles. The molecule has 2 aromatic heterocycles. The van der Waals surface area contributed by atoms with Crippen molar-refractivity contribution < 1.29 is 9.53 Å². The fourth-order valence-corrected chi connectivity index (χ4v) is 4.91. The zero-order chi connectivity index (χ0) is 25.2. The SMILES string of the molecule is C=CC(=O)N1CCCc2ccc(-c3c(-c4ccc(OCCN(C)C)cc4)[nH]c4nccc(C)c34)cc21. The molecule has 5 rings (SSSR count). The molecule has 1 amide bonds. The lowest BCUT2D eigenvalue weighted by Crippen LogP contribution is -2.34. The number of nitrogens with one attached hydrogen (secondary N) is 1. The van der Waals surface area contributed by atoms with Crippen molar-refractivity contribution in [2.75, 3.05) is 38.7 Å². The first-order valence-electron chi connectivity index (χ1n) is 12.4. The normalized spacial score (nSPS) is 13.2. The van der Waals surface area contributed by atoms with Crippen molar-refractivity contribution >= 4 is 22.6 Å². The van der Waals surface area contributed by atoms with Crippen LogP contribution in [0, 0.1) is 6.92 Å². The van der Waals surface area contributed by atoms with E-state index in [0.29, 0.717) is 13.2 Å². The van der Waals surface area contributed by atoms with Crippen molar-refractivity contribution in [3.63, 3.8) is 0 Å². The third kappa shape index (κ3) is 4.52. The first-order chi connectivity index (χ1) is 17.5. The summed E-state index contributed by atoms with van der Waals surface area (Å²) in [6.45, 7) is 8.03. The second kappa shape index (κ2) is 9.99. The van der Waals surface area contributed by atoms with Gasteiger partial charge in [0.15, 0.2) is 0 Å². The van der Waals surface area contributed by atoms with Gasteiger partial charge in [-0.25, -0.2) is 4.98 Å². The van der Waals surface area contributed by atoms with Crippen LogP contribution in [0.1, 0.15) is 17.5 Å². The predicted molar refractivity (Wildman–Crippen MR) is 147 cm³/mol. The molecule has 6 nitrogen and oxygen atoms in total. The molecule has 0 unspecified atom stereocenters. The Balaban J connectivity index is 1.61. The first kappa shape index (κ1) is 23.8. The molecular weight excluding hydrogens is 448 g/mol. The van der Waals surface area contributed by atoms with Gasteiger partial charge in [-0.3, -0.25) is 4.79 Å². The van der Waals surface area contributed by atoms with E-state index in [4.69, 9.17) is 4.74 Å². The number of likely N-dealkylation sites (N-methyl/N-ethyl adjacent to an activating group) is 1. The number of fused-ring (bicyclic) bond motifs is 2. The smallest absolute Gasteiger partial charge is 0.250 e. The fourth-order valence-electron chi connectivity index (χ4n) is 4.91. The average molecular weight is 481 g/mol. The van der Waals surface area contributed by atoms with Gasteiger partial charge in [-0.1, -0.05) is 18.7 Å². The summed E-state index contributed by atoms with van der Waals surface area (Å²) in [5.41, 5.74) is 8.37. The summed E-state index contributed by atoms with van der Waals surface area (Å²) in [7, 11) is 4.07. The monoisotopic (exact) mass is 480 g/mol. The standard InChI is InChI=1S/C30H32N4O2/c1-5-26(35)34-16-6-7-21-8-9-23(19-25(21)34)28-27-20(2)14-15-31-30(27)32-29(28)22-10-12-24(13-11-22)36-18-17-33(3)4/h5,8-15,19H,1,6-7,16-18H2,2-4H3,(H,31,32). The van der Waals surface area contributed by atoms with E-state index in [1.54, 1.807) is 0 Å². The Morgan fingerprint density at radius 1 is 1.17 bits per heavy atom. The van der Waals surface area contributed by atoms with E-state index in [2.05, 4.69) is 58.7 Å². The van der Waals surface area contributed by atoms with Crippen molar-refractivity contribution in [2.24, 2.45) is 0 Å². The van der Waals surface area contributed by atoms with Gasteiger partial charge in [0.25, 0.3) is 0 Å². The van der Waals surface area contributed by atoms with Crippen molar-refractivity contribution in [3.8, 4) is 28.1 Å². The first-order valence-corrected chi connectivity index (χ1v) is 12.4. The van der Waals surface area contributed by atoms with Crippen LogP contribution in [0.15, 0.2) is 67.4 Å². The molecule has 1 N–H and O–H groups in total. The maximum absolute atomic E-state index is 12.6. The predicted octanol–water partition coefficient (Wildman–Crippen LogP) is 5.61.